The van der Waals surface area contributed by atoms with Crippen LogP contribution in [0.15, 0.2) is 42.5 Å². The molecular formula is C25H26FN5OS. The van der Waals surface area contributed by atoms with Crippen LogP contribution in [0.1, 0.15) is 26.6 Å². The molecule has 4 aromatic rings. The van der Waals surface area contributed by atoms with Crippen molar-refractivity contribution in [1.29, 1.82) is 0 Å². The third-order valence-corrected chi connectivity index (χ3v) is 7.27. The molecule has 8 heteroatoms. The fourth-order valence-corrected chi connectivity index (χ4v) is 5.58. The summed E-state index contributed by atoms with van der Waals surface area (Å²) in [4.78, 5) is 24.4. The molecule has 0 bridgehead atoms. The monoisotopic (exact) mass is 463 g/mol. The first-order chi connectivity index (χ1) is 15.9. The van der Waals surface area contributed by atoms with Gasteiger partial charge in [0.1, 0.15) is 5.82 Å². The van der Waals surface area contributed by atoms with Crippen molar-refractivity contribution in [3.63, 3.8) is 0 Å². The maximum absolute atomic E-state index is 14.1. The zero-order valence-electron chi connectivity index (χ0n) is 19.0. The van der Waals surface area contributed by atoms with E-state index in [1.54, 1.807) is 22.1 Å². The third kappa shape index (κ3) is 4.16. The highest BCUT2D eigenvalue weighted by molar-refractivity contribution is 7.15. The van der Waals surface area contributed by atoms with Crippen molar-refractivity contribution in [2.75, 3.05) is 26.2 Å². The number of carbonyl (C=O) groups is 1. The van der Waals surface area contributed by atoms with Gasteiger partial charge in [-0.1, -0.05) is 18.2 Å². The quantitative estimate of drug-likeness (QED) is 0.450. The highest BCUT2D eigenvalue weighted by atomic mass is 32.1. The second-order valence-corrected chi connectivity index (χ2v) is 9.70. The summed E-state index contributed by atoms with van der Waals surface area (Å²) in [6.07, 6.45) is 0. The molecule has 6 nitrogen and oxygen atoms in total. The van der Waals surface area contributed by atoms with Crippen molar-refractivity contribution in [3.8, 4) is 10.4 Å². The number of aryl methyl sites for hydroxylation is 3. The van der Waals surface area contributed by atoms with E-state index in [1.165, 1.54) is 10.9 Å². The van der Waals surface area contributed by atoms with Gasteiger partial charge in [0.2, 0.25) is 0 Å². The van der Waals surface area contributed by atoms with Gasteiger partial charge in [0.15, 0.2) is 5.65 Å². The number of pyridine rings is 1. The highest BCUT2D eigenvalue weighted by Crippen LogP contribution is 2.31. The van der Waals surface area contributed by atoms with Crippen LogP contribution in [0.2, 0.25) is 0 Å². The number of piperazine rings is 1. The number of hydrogen-bond acceptors (Lipinski definition) is 5. The van der Waals surface area contributed by atoms with Gasteiger partial charge in [0.05, 0.1) is 16.6 Å². The van der Waals surface area contributed by atoms with Gasteiger partial charge in [-0.3, -0.25) is 14.4 Å². The van der Waals surface area contributed by atoms with Crippen molar-refractivity contribution < 1.29 is 9.18 Å². The molecule has 1 aromatic carbocycles. The highest BCUT2D eigenvalue weighted by Gasteiger charge is 2.26. The zero-order valence-corrected chi connectivity index (χ0v) is 19.8. The van der Waals surface area contributed by atoms with Gasteiger partial charge in [0.25, 0.3) is 5.91 Å². The zero-order chi connectivity index (χ0) is 23.1. The summed E-state index contributed by atoms with van der Waals surface area (Å²) >= 11 is 1.63. The van der Waals surface area contributed by atoms with Gasteiger partial charge in [-0.05, 0) is 38.1 Å². The smallest absolute Gasteiger partial charge is 0.254 e. The molecule has 1 fully saturated rings. The summed E-state index contributed by atoms with van der Waals surface area (Å²) < 4.78 is 15.8. The van der Waals surface area contributed by atoms with Crippen molar-refractivity contribution >= 4 is 28.3 Å². The summed E-state index contributed by atoms with van der Waals surface area (Å²) in [5.74, 6) is -0.151. The van der Waals surface area contributed by atoms with E-state index in [9.17, 15) is 9.18 Å². The van der Waals surface area contributed by atoms with Crippen LogP contribution in [-0.2, 0) is 13.6 Å². The average Bonchev–Trinajstić information content (AvgIpc) is 3.37. The molecule has 1 amide bonds. The third-order valence-electron chi connectivity index (χ3n) is 6.17. The number of halogens is 1. The lowest BCUT2D eigenvalue weighted by molar-refractivity contribution is 0.0631. The number of rotatable bonds is 4. The summed E-state index contributed by atoms with van der Waals surface area (Å²) in [6, 6.07) is 12.8. The number of amides is 1. The largest absolute Gasteiger partial charge is 0.336 e. The van der Waals surface area contributed by atoms with Crippen molar-refractivity contribution in [1.82, 2.24) is 24.6 Å². The second kappa shape index (κ2) is 8.68. The molecule has 3 aromatic heterocycles. The van der Waals surface area contributed by atoms with Crippen molar-refractivity contribution in [3.05, 3.63) is 70.1 Å². The maximum Gasteiger partial charge on any atom is 0.254 e. The summed E-state index contributed by atoms with van der Waals surface area (Å²) in [6.45, 7) is 7.59. The molecule has 33 heavy (non-hydrogen) atoms. The first-order valence-corrected chi connectivity index (χ1v) is 11.9. The number of aromatic nitrogens is 3. The minimum absolute atomic E-state index is 0.0409. The lowest BCUT2D eigenvalue weighted by Gasteiger charge is -2.34. The first-order valence-electron chi connectivity index (χ1n) is 11.1. The van der Waals surface area contributed by atoms with Gasteiger partial charge in [0, 0.05) is 60.8 Å². The van der Waals surface area contributed by atoms with Crippen LogP contribution < -0.4 is 0 Å². The first kappa shape index (κ1) is 21.7. The van der Waals surface area contributed by atoms with Crippen LogP contribution in [0.3, 0.4) is 0 Å². The lowest BCUT2D eigenvalue weighted by atomic mass is 10.1. The number of benzene rings is 1. The predicted octanol–water partition coefficient (Wildman–Crippen LogP) is 4.41. The van der Waals surface area contributed by atoms with E-state index in [-0.39, 0.29) is 11.7 Å². The molecule has 5 rings (SSSR count). The average molecular weight is 464 g/mol. The number of thiophene rings is 1. The van der Waals surface area contributed by atoms with Gasteiger partial charge in [-0.2, -0.15) is 5.10 Å². The molecular weight excluding hydrogens is 437 g/mol. The van der Waals surface area contributed by atoms with E-state index in [0.717, 1.165) is 46.9 Å². The second-order valence-electron chi connectivity index (χ2n) is 8.53. The molecule has 4 heterocycles. The lowest BCUT2D eigenvalue weighted by Crippen LogP contribution is -2.48. The van der Waals surface area contributed by atoms with Gasteiger partial charge < -0.3 is 4.90 Å². The summed E-state index contributed by atoms with van der Waals surface area (Å²) in [5, 5.41) is 5.30. The topological polar surface area (TPSA) is 54.3 Å². The molecule has 0 aliphatic carbocycles. The van der Waals surface area contributed by atoms with Crippen molar-refractivity contribution in [2.24, 2.45) is 7.05 Å². The van der Waals surface area contributed by atoms with Gasteiger partial charge in [-0.25, -0.2) is 9.37 Å². The minimum atomic E-state index is -0.192. The fourth-order valence-electron chi connectivity index (χ4n) is 4.51. The van der Waals surface area contributed by atoms with Crippen LogP contribution >= 0.6 is 11.3 Å². The molecule has 1 aliphatic heterocycles. The Morgan fingerprint density at radius 2 is 1.85 bits per heavy atom. The van der Waals surface area contributed by atoms with E-state index in [4.69, 9.17) is 0 Å². The number of hydrogen-bond donors (Lipinski definition) is 0. The number of nitrogens with zero attached hydrogens (tertiary/aromatic N) is 5. The molecule has 1 saturated heterocycles. The molecule has 0 radical (unpaired) electrons. The Kier molecular flexibility index (Phi) is 5.72. The van der Waals surface area contributed by atoms with E-state index in [1.807, 2.05) is 50.1 Å². The molecule has 0 saturated carbocycles. The standard InChI is InChI=1S/C25H26FN5OS/c1-16-14-20(23-17(2)28-29(3)24(23)27-16)25(32)31-12-10-30(11-13-31)15-18-8-9-22(33-18)19-6-4-5-7-21(19)26/h4-9,14H,10-13,15H2,1-3H3. The summed E-state index contributed by atoms with van der Waals surface area (Å²) in [7, 11) is 1.86. The van der Waals surface area contributed by atoms with Crippen LogP contribution in [0.25, 0.3) is 21.5 Å². The summed E-state index contributed by atoms with van der Waals surface area (Å²) in [5.41, 5.74) is 3.72. The van der Waals surface area contributed by atoms with E-state index < -0.39 is 0 Å². The SMILES string of the molecule is Cc1cc(C(=O)N2CCN(Cc3ccc(-c4ccccc4F)s3)CC2)c2c(C)nn(C)c2n1. The Morgan fingerprint density at radius 3 is 2.61 bits per heavy atom. The van der Waals surface area contributed by atoms with Crippen molar-refractivity contribution in [2.45, 2.75) is 20.4 Å². The molecule has 170 valence electrons. The van der Waals surface area contributed by atoms with Crippen LogP contribution in [0.4, 0.5) is 4.39 Å². The van der Waals surface area contributed by atoms with Gasteiger partial charge in [-0.15, -0.1) is 11.3 Å². The Bertz CT molecular complexity index is 1340. The number of fused-ring (bicyclic) bond motifs is 1. The minimum Gasteiger partial charge on any atom is -0.336 e. The van der Waals surface area contributed by atoms with Gasteiger partial charge >= 0.3 is 0 Å². The molecule has 0 unspecified atom stereocenters. The molecule has 0 spiro atoms. The normalized spacial score (nSPS) is 14.8. The molecule has 1 aliphatic rings. The fraction of sp³-hybridized carbons (Fsp3) is 0.320. The Labute approximate surface area is 196 Å². The van der Waals surface area contributed by atoms with E-state index in [2.05, 4.69) is 21.0 Å². The Hall–Kier alpha value is -3.10. The van der Waals surface area contributed by atoms with E-state index in [0.29, 0.717) is 24.2 Å². The number of carbonyl (C=O) groups excluding carboxylic acids is 1. The maximum atomic E-state index is 14.1. The Morgan fingerprint density at radius 1 is 1.09 bits per heavy atom. The van der Waals surface area contributed by atoms with Crippen LogP contribution in [0.5, 0.6) is 0 Å². The molecule has 0 N–H and O–H groups in total. The molecule has 0 atom stereocenters. The Balaban J connectivity index is 1.26. The van der Waals surface area contributed by atoms with Crippen LogP contribution in [0, 0.1) is 19.7 Å². The van der Waals surface area contributed by atoms with E-state index >= 15 is 0 Å². The van der Waals surface area contributed by atoms with Crippen LogP contribution in [-0.4, -0.2) is 56.7 Å². The predicted molar refractivity (Wildman–Crippen MR) is 129 cm³/mol.